The topological polar surface area (TPSA) is 158 Å². The second-order valence-electron chi connectivity index (χ2n) is 7.89. The number of thioether (sulfide) groups is 1. The van der Waals surface area contributed by atoms with E-state index in [2.05, 4.69) is 27.3 Å². The molecule has 0 saturated carbocycles. The van der Waals surface area contributed by atoms with Gasteiger partial charge in [-0.05, 0) is 29.8 Å². The summed E-state index contributed by atoms with van der Waals surface area (Å²) < 4.78 is 15.3. The highest BCUT2D eigenvalue weighted by Gasteiger charge is 2.43. The zero-order chi connectivity index (χ0) is 27.8. The van der Waals surface area contributed by atoms with E-state index < -0.39 is 28.6 Å². The van der Waals surface area contributed by atoms with E-state index in [0.717, 1.165) is 21.3 Å². The Hall–Kier alpha value is -3.62. The maximum atomic E-state index is 12.4. The lowest BCUT2D eigenvalue weighted by Crippen LogP contribution is -2.63. The molecule has 202 valence electrons. The lowest BCUT2D eigenvalue weighted by molar-refractivity contribution is -0.384. The molecule has 0 spiro atoms. The molecule has 1 atom stereocenters. The van der Waals surface area contributed by atoms with Crippen molar-refractivity contribution >= 4 is 51.2 Å². The van der Waals surface area contributed by atoms with Crippen LogP contribution in [0.4, 0.5) is 5.69 Å². The van der Waals surface area contributed by atoms with Gasteiger partial charge in [0, 0.05) is 32.2 Å². The quantitative estimate of drug-likeness (QED) is 0.0400. The van der Waals surface area contributed by atoms with Gasteiger partial charge in [0.15, 0.2) is 5.70 Å². The fourth-order valence-electron chi connectivity index (χ4n) is 3.30. The number of allylic oxidation sites excluding steroid dienone is 1. The number of halogens is 1. The number of carbonyl (C=O) groups excluding carboxylic acids is 3. The van der Waals surface area contributed by atoms with Crippen LogP contribution in [0.2, 0.25) is 0 Å². The predicted octanol–water partition coefficient (Wildman–Crippen LogP) is 3.64. The maximum Gasteiger partial charge on any atom is 0.358 e. The van der Waals surface area contributed by atoms with Crippen molar-refractivity contribution in [3.05, 3.63) is 69.6 Å². The number of nitro benzene ring substituents is 1. The highest BCUT2D eigenvalue weighted by Crippen LogP contribution is 2.42. The predicted molar refractivity (Wildman–Crippen MR) is 140 cm³/mol. The third-order valence-electron chi connectivity index (χ3n) is 5.16. The normalized spacial score (nSPS) is 15.5. The number of fused-ring (bicyclic) bond motifs is 2. The van der Waals surface area contributed by atoms with Crippen molar-refractivity contribution in [2.24, 2.45) is 0 Å². The molecule has 5 rings (SSSR count). The van der Waals surface area contributed by atoms with E-state index >= 15 is 0 Å². The highest BCUT2D eigenvalue weighted by atomic mass is 79.9. The Labute approximate surface area is 230 Å². The van der Waals surface area contributed by atoms with Crippen LogP contribution in [-0.4, -0.2) is 63.7 Å². The number of methoxy groups -OCH3 is 1. The molecule has 0 radical (unpaired) electrons. The van der Waals surface area contributed by atoms with Crippen molar-refractivity contribution in [2.75, 3.05) is 24.9 Å². The molecule has 2 bridgehead atoms. The van der Waals surface area contributed by atoms with E-state index in [1.165, 1.54) is 31.2 Å². The minimum Gasteiger partial charge on any atom is -0.509 e. The van der Waals surface area contributed by atoms with Gasteiger partial charge in [-0.25, -0.2) is 4.79 Å². The maximum absolute atomic E-state index is 12.4. The molecule has 2 N–H and O–H groups in total. The summed E-state index contributed by atoms with van der Waals surface area (Å²) in [6.45, 7) is 1.09. The molecule has 0 aliphatic carbocycles. The summed E-state index contributed by atoms with van der Waals surface area (Å²) >= 11 is 4.66. The van der Waals surface area contributed by atoms with Gasteiger partial charge < -0.3 is 24.6 Å². The third-order valence-corrected chi connectivity index (χ3v) is 6.70. The lowest BCUT2D eigenvalue weighted by atomic mass is 10.1. The number of amides is 2. The molecule has 3 heterocycles. The molecule has 3 aliphatic rings. The van der Waals surface area contributed by atoms with Gasteiger partial charge in [0.1, 0.15) is 29.9 Å². The van der Waals surface area contributed by atoms with Crippen molar-refractivity contribution in [2.45, 2.75) is 24.5 Å². The minimum absolute atomic E-state index is 0.0252. The minimum atomic E-state index is -0.931. The molecule has 1 unspecified atom stereocenters. The zero-order valence-corrected chi connectivity index (χ0v) is 22.7. The van der Waals surface area contributed by atoms with Crippen LogP contribution >= 0.6 is 27.7 Å². The molecule has 3 aliphatic heterocycles. The first-order valence-corrected chi connectivity index (χ1v) is 13.2. The zero-order valence-electron chi connectivity index (χ0n) is 20.3. The largest absolute Gasteiger partial charge is 0.509 e. The van der Waals surface area contributed by atoms with E-state index in [9.17, 15) is 29.6 Å². The van der Waals surface area contributed by atoms with Crippen molar-refractivity contribution in [3.63, 3.8) is 0 Å². The number of benzene rings is 2. The Kier molecular flexibility index (Phi) is 10.1. The highest BCUT2D eigenvalue weighted by molar-refractivity contribution is 9.09. The molecule has 12 nitrogen and oxygen atoms in total. The van der Waals surface area contributed by atoms with Gasteiger partial charge in [-0.15, -0.1) is 0 Å². The number of non-ortho nitro benzene ring substituents is 1. The number of nitro groups is 1. The van der Waals surface area contributed by atoms with E-state index in [0.29, 0.717) is 11.5 Å². The number of esters is 1. The Bertz CT molecular complexity index is 1250. The summed E-state index contributed by atoms with van der Waals surface area (Å²) in [6, 6.07) is 10.7. The summed E-state index contributed by atoms with van der Waals surface area (Å²) in [5.41, 5.74) is 0.0795. The smallest absolute Gasteiger partial charge is 0.358 e. The molecule has 0 aromatic heterocycles. The van der Waals surface area contributed by atoms with Crippen LogP contribution in [0.3, 0.4) is 0 Å². The van der Waals surface area contributed by atoms with Crippen LogP contribution in [0.25, 0.3) is 0 Å². The monoisotopic (exact) mass is 609 g/mol. The first-order chi connectivity index (χ1) is 18.1. The van der Waals surface area contributed by atoms with E-state index in [1.807, 2.05) is 12.1 Å². The summed E-state index contributed by atoms with van der Waals surface area (Å²) in [4.78, 5) is 47.8. The number of β-lactam (4-membered cyclic amide) rings is 1. The standard InChI is InChI=1S/C16H16BrN3O7.C8H8O2S/c1-9(21)18-12-7-19(15(12)23)14(13(22)6-17)16(24)27-8-10-2-4-11(5-3-10)20(25)26;1-9-5-11-8-3-2-6-4-7(8)10-6/h2-5,12,22H,6-8H2,1H3,(H,18,21);2-4H,5H2,1H3. The first kappa shape index (κ1) is 28.9. The van der Waals surface area contributed by atoms with Gasteiger partial charge in [0.2, 0.25) is 5.91 Å². The van der Waals surface area contributed by atoms with Crippen molar-refractivity contribution < 1.29 is 38.6 Å². The number of aliphatic hydroxyl groups excluding tert-OH is 1. The summed E-state index contributed by atoms with van der Waals surface area (Å²) in [5.74, 6) is 0.365. The van der Waals surface area contributed by atoms with Crippen molar-refractivity contribution in [1.29, 1.82) is 0 Å². The molecule has 14 heteroatoms. The number of carbonyl (C=O) groups is 3. The number of rotatable bonds is 10. The fourth-order valence-corrected chi connectivity index (χ4v) is 4.22. The van der Waals surface area contributed by atoms with Gasteiger partial charge in [0.25, 0.3) is 11.6 Å². The van der Waals surface area contributed by atoms with Gasteiger partial charge in [-0.1, -0.05) is 27.7 Å². The Morgan fingerprint density at radius 1 is 1.29 bits per heavy atom. The van der Waals surface area contributed by atoms with E-state index in [1.54, 1.807) is 18.9 Å². The van der Waals surface area contributed by atoms with E-state index in [4.69, 9.17) is 14.2 Å². The molecule has 2 aromatic rings. The van der Waals surface area contributed by atoms with Gasteiger partial charge in [-0.2, -0.15) is 0 Å². The number of hydrogen-bond donors (Lipinski definition) is 2. The number of likely N-dealkylation sites (tertiary alicyclic amines) is 1. The Balaban J connectivity index is 0.000000299. The molecule has 2 amide bonds. The number of nitrogens with zero attached hydrogens (tertiary/aromatic N) is 2. The van der Waals surface area contributed by atoms with E-state index in [-0.39, 0.29) is 35.8 Å². The number of hydrogen-bond acceptors (Lipinski definition) is 10. The first-order valence-electron chi connectivity index (χ1n) is 11.0. The number of nitrogens with one attached hydrogen (secondary N) is 1. The lowest BCUT2D eigenvalue weighted by Gasteiger charge is -2.38. The van der Waals surface area contributed by atoms with Gasteiger partial charge in [-0.3, -0.25) is 24.6 Å². The van der Waals surface area contributed by atoms with Crippen molar-refractivity contribution in [1.82, 2.24) is 10.2 Å². The van der Waals surface area contributed by atoms with Gasteiger partial charge in [0.05, 0.1) is 27.6 Å². The molecular weight excluding hydrogens is 586 g/mol. The number of ether oxygens (including phenoxy) is 3. The fraction of sp³-hybridized carbons (Fsp3) is 0.292. The molecule has 2 aromatic carbocycles. The molecular formula is C24H24BrN3O9S. The summed E-state index contributed by atoms with van der Waals surface area (Å²) in [5, 5.41) is 23.0. The van der Waals surface area contributed by atoms with Crippen LogP contribution in [0.15, 0.2) is 58.8 Å². The van der Waals surface area contributed by atoms with Gasteiger partial charge >= 0.3 is 5.97 Å². The Morgan fingerprint density at radius 2 is 1.97 bits per heavy atom. The second-order valence-corrected chi connectivity index (χ2v) is 9.42. The molecule has 38 heavy (non-hydrogen) atoms. The average Bonchev–Trinajstić information content (AvgIpc) is 2.89. The van der Waals surface area contributed by atoms with Crippen LogP contribution in [0, 0.1) is 10.1 Å². The summed E-state index contributed by atoms with van der Waals surface area (Å²) in [6.07, 6.45) is 0. The number of alkyl halides is 1. The average molecular weight is 610 g/mol. The third kappa shape index (κ3) is 7.24. The summed E-state index contributed by atoms with van der Waals surface area (Å²) in [7, 11) is 1.69. The second kappa shape index (κ2) is 13.3. The SMILES string of the molecule is CC(=O)NC1CN(C(C(=O)OCc2ccc([N+](=O)[O-])cc2)=C(O)CBr)C1=O.COCSc1ccc2cc1O2. The Morgan fingerprint density at radius 3 is 2.47 bits per heavy atom. The molecule has 1 saturated heterocycles. The molecule has 1 fully saturated rings. The van der Waals surface area contributed by atoms with Crippen LogP contribution in [0.1, 0.15) is 12.5 Å². The number of aliphatic hydroxyl groups is 1. The van der Waals surface area contributed by atoms with Crippen molar-refractivity contribution in [3.8, 4) is 11.5 Å². The van der Waals surface area contributed by atoms with Crippen LogP contribution in [-0.2, 0) is 30.5 Å². The van der Waals surface area contributed by atoms with Crippen LogP contribution in [0.5, 0.6) is 11.5 Å². The van der Waals surface area contributed by atoms with Crippen LogP contribution < -0.4 is 10.1 Å².